The lowest BCUT2D eigenvalue weighted by atomic mass is 9.77. The fourth-order valence-corrected chi connectivity index (χ4v) is 3.31. The highest BCUT2D eigenvalue weighted by atomic mass is 16.2. The maximum atomic E-state index is 12.4. The van der Waals surface area contributed by atoms with Gasteiger partial charge in [0.2, 0.25) is 11.8 Å². The SMILES string of the molecule is CCC(NC(=N)N)[C@H]1C(=O)N(C(C)=O)[C@@H]1CCc1ccccc1. The maximum Gasteiger partial charge on any atom is 0.236 e. The lowest BCUT2D eigenvalue weighted by Gasteiger charge is -2.48. The van der Waals surface area contributed by atoms with Crippen molar-refractivity contribution < 1.29 is 9.59 Å². The Bertz CT molecular complexity index is 588. The summed E-state index contributed by atoms with van der Waals surface area (Å²) >= 11 is 0. The molecule has 4 N–H and O–H groups in total. The van der Waals surface area contributed by atoms with Crippen molar-refractivity contribution in [2.75, 3.05) is 0 Å². The Labute approximate surface area is 136 Å². The molecule has 1 aliphatic heterocycles. The Kier molecular flexibility index (Phi) is 5.36. The van der Waals surface area contributed by atoms with Crippen LogP contribution in [0, 0.1) is 11.3 Å². The fourth-order valence-electron chi connectivity index (χ4n) is 3.31. The Morgan fingerprint density at radius 2 is 2.04 bits per heavy atom. The van der Waals surface area contributed by atoms with Gasteiger partial charge in [0.25, 0.3) is 0 Å². The van der Waals surface area contributed by atoms with E-state index in [2.05, 4.69) is 5.32 Å². The number of imide groups is 1. The highest BCUT2D eigenvalue weighted by Crippen LogP contribution is 2.34. The number of guanidine groups is 1. The number of hydrogen-bond donors (Lipinski definition) is 3. The molecule has 1 saturated heterocycles. The van der Waals surface area contributed by atoms with E-state index in [9.17, 15) is 9.59 Å². The molecule has 1 aliphatic rings. The molecule has 2 rings (SSSR count). The van der Waals surface area contributed by atoms with E-state index in [1.807, 2.05) is 37.3 Å². The van der Waals surface area contributed by atoms with Gasteiger partial charge in [-0.05, 0) is 24.8 Å². The number of carbonyl (C=O) groups excluding carboxylic acids is 2. The van der Waals surface area contributed by atoms with E-state index >= 15 is 0 Å². The van der Waals surface area contributed by atoms with Gasteiger partial charge in [0.15, 0.2) is 5.96 Å². The Hall–Kier alpha value is -2.37. The molecule has 6 heteroatoms. The molecule has 0 aliphatic carbocycles. The van der Waals surface area contributed by atoms with Gasteiger partial charge < -0.3 is 11.1 Å². The summed E-state index contributed by atoms with van der Waals surface area (Å²) in [5, 5.41) is 10.3. The van der Waals surface area contributed by atoms with Crippen LogP contribution in [-0.4, -0.2) is 34.8 Å². The molecular formula is C17H24N4O2. The molecule has 1 heterocycles. The van der Waals surface area contributed by atoms with E-state index in [1.165, 1.54) is 17.4 Å². The monoisotopic (exact) mass is 316 g/mol. The molecule has 23 heavy (non-hydrogen) atoms. The van der Waals surface area contributed by atoms with Gasteiger partial charge in [-0.25, -0.2) is 0 Å². The standard InChI is InChI=1S/C17H24N4O2/c1-3-13(20-17(18)19)15-14(21(11(2)22)16(15)23)10-9-12-7-5-4-6-8-12/h4-8,13-15H,3,9-10H2,1-2H3,(H4,18,19,20)/t13?,14-,15-/m1/s1. The van der Waals surface area contributed by atoms with Gasteiger partial charge in [-0.1, -0.05) is 37.3 Å². The quantitative estimate of drug-likeness (QED) is 0.418. The molecule has 0 radical (unpaired) electrons. The predicted octanol–water partition coefficient (Wildman–Crippen LogP) is 1.25. The molecule has 0 aromatic heterocycles. The first-order chi connectivity index (χ1) is 11.0. The summed E-state index contributed by atoms with van der Waals surface area (Å²) in [7, 11) is 0. The number of β-lactam (4-membered cyclic amide) rings is 1. The summed E-state index contributed by atoms with van der Waals surface area (Å²) < 4.78 is 0. The number of benzene rings is 1. The molecule has 0 spiro atoms. The number of likely N-dealkylation sites (tertiary alicyclic amines) is 1. The van der Waals surface area contributed by atoms with E-state index in [4.69, 9.17) is 11.1 Å². The maximum absolute atomic E-state index is 12.4. The first kappa shape index (κ1) is 17.0. The summed E-state index contributed by atoms with van der Waals surface area (Å²) in [6.07, 6.45) is 2.19. The van der Waals surface area contributed by atoms with Crippen molar-refractivity contribution in [3.63, 3.8) is 0 Å². The van der Waals surface area contributed by atoms with Crippen molar-refractivity contribution in [2.24, 2.45) is 11.7 Å². The van der Waals surface area contributed by atoms with Crippen LogP contribution in [-0.2, 0) is 16.0 Å². The van der Waals surface area contributed by atoms with Crippen molar-refractivity contribution in [3.05, 3.63) is 35.9 Å². The number of nitrogens with zero attached hydrogens (tertiary/aromatic N) is 1. The van der Waals surface area contributed by atoms with Gasteiger partial charge in [-0.3, -0.25) is 19.9 Å². The number of nitrogens with one attached hydrogen (secondary N) is 2. The Morgan fingerprint density at radius 3 is 2.57 bits per heavy atom. The van der Waals surface area contributed by atoms with Crippen LogP contribution in [0.4, 0.5) is 0 Å². The summed E-state index contributed by atoms with van der Waals surface area (Å²) in [6.45, 7) is 3.36. The second-order valence-corrected chi connectivity index (χ2v) is 5.92. The smallest absolute Gasteiger partial charge is 0.236 e. The second-order valence-electron chi connectivity index (χ2n) is 5.92. The Balaban J connectivity index is 2.11. The topological polar surface area (TPSA) is 99.3 Å². The van der Waals surface area contributed by atoms with Gasteiger partial charge in [0.1, 0.15) is 0 Å². The van der Waals surface area contributed by atoms with Crippen LogP contribution >= 0.6 is 0 Å². The molecule has 1 unspecified atom stereocenters. The zero-order valence-corrected chi connectivity index (χ0v) is 13.6. The Morgan fingerprint density at radius 1 is 1.39 bits per heavy atom. The molecule has 3 atom stereocenters. The zero-order chi connectivity index (χ0) is 17.0. The van der Waals surface area contributed by atoms with E-state index in [0.29, 0.717) is 6.42 Å². The van der Waals surface area contributed by atoms with Crippen molar-refractivity contribution >= 4 is 17.8 Å². The second kappa shape index (κ2) is 7.26. The van der Waals surface area contributed by atoms with Crippen LogP contribution in [0.3, 0.4) is 0 Å². The highest BCUT2D eigenvalue weighted by molar-refractivity contribution is 6.01. The summed E-state index contributed by atoms with van der Waals surface area (Å²) in [5.74, 6) is -0.845. The molecule has 0 saturated carbocycles. The number of rotatable bonds is 6. The minimum absolute atomic E-state index is 0.142. The van der Waals surface area contributed by atoms with Gasteiger partial charge in [0.05, 0.1) is 12.0 Å². The molecule has 2 amide bonds. The van der Waals surface area contributed by atoms with Crippen molar-refractivity contribution in [2.45, 2.75) is 45.2 Å². The van der Waals surface area contributed by atoms with E-state index in [1.54, 1.807) is 0 Å². The summed E-state index contributed by atoms with van der Waals surface area (Å²) in [4.78, 5) is 25.5. The third-order valence-electron chi connectivity index (χ3n) is 4.39. The van der Waals surface area contributed by atoms with Crippen LogP contribution in [0.25, 0.3) is 0 Å². The van der Waals surface area contributed by atoms with Crippen molar-refractivity contribution in [3.8, 4) is 0 Å². The number of hydrogen-bond acceptors (Lipinski definition) is 3. The predicted molar refractivity (Wildman–Crippen MR) is 88.7 cm³/mol. The minimum Gasteiger partial charge on any atom is -0.370 e. The van der Waals surface area contributed by atoms with Crippen LogP contribution in [0.15, 0.2) is 30.3 Å². The van der Waals surface area contributed by atoms with E-state index in [-0.39, 0.29) is 35.8 Å². The van der Waals surface area contributed by atoms with Crippen LogP contribution in [0.2, 0.25) is 0 Å². The van der Waals surface area contributed by atoms with Gasteiger partial charge in [-0.15, -0.1) is 0 Å². The van der Waals surface area contributed by atoms with Crippen molar-refractivity contribution in [1.29, 1.82) is 5.41 Å². The summed E-state index contributed by atoms with van der Waals surface area (Å²) in [5.41, 5.74) is 6.60. The van der Waals surface area contributed by atoms with Gasteiger partial charge >= 0.3 is 0 Å². The van der Waals surface area contributed by atoms with Crippen molar-refractivity contribution in [1.82, 2.24) is 10.2 Å². The largest absolute Gasteiger partial charge is 0.370 e. The lowest BCUT2D eigenvalue weighted by molar-refractivity contribution is -0.167. The first-order valence-electron chi connectivity index (χ1n) is 7.93. The number of nitrogens with two attached hydrogens (primary N) is 1. The average Bonchev–Trinajstić information content (AvgIpc) is 2.50. The molecule has 124 valence electrons. The van der Waals surface area contributed by atoms with Crippen LogP contribution in [0.1, 0.15) is 32.3 Å². The molecule has 6 nitrogen and oxygen atoms in total. The van der Waals surface area contributed by atoms with E-state index in [0.717, 1.165) is 12.8 Å². The zero-order valence-electron chi connectivity index (χ0n) is 13.6. The fraction of sp³-hybridized carbons (Fsp3) is 0.471. The van der Waals surface area contributed by atoms with Gasteiger partial charge in [0, 0.05) is 13.0 Å². The third kappa shape index (κ3) is 3.70. The van der Waals surface area contributed by atoms with E-state index < -0.39 is 0 Å². The normalized spacial score (nSPS) is 21.5. The number of carbonyl (C=O) groups is 2. The van der Waals surface area contributed by atoms with Crippen LogP contribution < -0.4 is 11.1 Å². The molecular weight excluding hydrogens is 292 g/mol. The van der Waals surface area contributed by atoms with Crippen LogP contribution in [0.5, 0.6) is 0 Å². The first-order valence-corrected chi connectivity index (χ1v) is 7.93. The minimum atomic E-state index is -0.309. The molecule has 1 aromatic carbocycles. The summed E-state index contributed by atoms with van der Waals surface area (Å²) in [6, 6.07) is 9.65. The number of amides is 2. The highest BCUT2D eigenvalue weighted by Gasteiger charge is 2.52. The lowest BCUT2D eigenvalue weighted by Crippen LogP contribution is -2.68. The average molecular weight is 316 g/mol. The molecule has 1 fully saturated rings. The third-order valence-corrected chi connectivity index (χ3v) is 4.39. The molecule has 1 aromatic rings. The number of aryl methyl sites for hydroxylation is 1. The molecule has 0 bridgehead atoms. The van der Waals surface area contributed by atoms with Gasteiger partial charge in [-0.2, -0.15) is 0 Å².